The number of nitrogens with one attached hydrogen (secondary N) is 1. The fourth-order valence-corrected chi connectivity index (χ4v) is 2.43. The van der Waals surface area contributed by atoms with Crippen molar-refractivity contribution in [3.8, 4) is 5.75 Å². The molecule has 96 valence electrons. The highest BCUT2D eigenvalue weighted by Gasteiger charge is 2.08. The van der Waals surface area contributed by atoms with Crippen molar-refractivity contribution in [2.45, 2.75) is 25.8 Å². The zero-order valence-electron chi connectivity index (χ0n) is 11.0. The molecule has 1 unspecified atom stereocenters. The summed E-state index contributed by atoms with van der Waals surface area (Å²) in [6, 6.07) is 8.92. The van der Waals surface area contributed by atoms with E-state index in [9.17, 15) is 0 Å². The Hall–Kier alpha value is -0.670. The smallest absolute Gasteiger partial charge is 0.119 e. The number of likely N-dealkylation sites (N-methyl/N-ethyl adjacent to an activating group) is 1. The number of hydrogen-bond acceptors (Lipinski definition) is 3. The first kappa shape index (κ1) is 14.4. The second-order valence-corrected chi connectivity index (χ2v) is 5.08. The molecule has 0 radical (unpaired) electrons. The van der Waals surface area contributed by atoms with Gasteiger partial charge in [0.2, 0.25) is 0 Å². The monoisotopic (exact) mass is 253 g/mol. The average Bonchev–Trinajstić information content (AvgIpc) is 2.36. The van der Waals surface area contributed by atoms with Crippen LogP contribution in [0.1, 0.15) is 18.9 Å². The summed E-state index contributed by atoms with van der Waals surface area (Å²) in [6.07, 6.45) is 4.45. The molecule has 0 saturated carbocycles. The van der Waals surface area contributed by atoms with Gasteiger partial charge in [-0.15, -0.1) is 0 Å². The molecule has 1 atom stereocenters. The summed E-state index contributed by atoms with van der Waals surface area (Å²) in [6.45, 7) is 3.20. The van der Waals surface area contributed by atoms with Gasteiger partial charge in [0, 0.05) is 6.04 Å². The Labute approximate surface area is 109 Å². The van der Waals surface area contributed by atoms with Crippen LogP contribution < -0.4 is 10.1 Å². The Morgan fingerprint density at radius 1 is 1.41 bits per heavy atom. The molecule has 0 aliphatic carbocycles. The minimum absolute atomic E-state index is 0.569. The van der Waals surface area contributed by atoms with E-state index in [0.29, 0.717) is 6.04 Å². The first-order chi connectivity index (χ1) is 8.30. The van der Waals surface area contributed by atoms with Crippen molar-refractivity contribution in [2.24, 2.45) is 0 Å². The van der Waals surface area contributed by atoms with Crippen LogP contribution in [0.4, 0.5) is 0 Å². The second kappa shape index (κ2) is 8.43. The van der Waals surface area contributed by atoms with Crippen molar-refractivity contribution < 1.29 is 4.74 Å². The number of benzene rings is 1. The Bertz CT molecular complexity index is 317. The summed E-state index contributed by atoms with van der Waals surface area (Å²) in [7, 11) is 1.72. The fourth-order valence-electron chi connectivity index (χ4n) is 1.91. The zero-order chi connectivity index (χ0) is 12.5. The Balaban J connectivity index is 2.57. The van der Waals surface area contributed by atoms with E-state index < -0.39 is 0 Å². The first-order valence-electron chi connectivity index (χ1n) is 6.15. The highest BCUT2D eigenvalue weighted by Crippen LogP contribution is 2.15. The molecule has 1 aromatic rings. The van der Waals surface area contributed by atoms with E-state index in [1.165, 1.54) is 17.7 Å². The van der Waals surface area contributed by atoms with Gasteiger partial charge in [-0.3, -0.25) is 0 Å². The molecule has 0 aliphatic heterocycles. The van der Waals surface area contributed by atoms with Crippen LogP contribution in [0.25, 0.3) is 0 Å². The summed E-state index contributed by atoms with van der Waals surface area (Å²) in [4.78, 5) is 0. The standard InChI is InChI=1S/C14H23NOS/c1-4-15-13(8-9-17-3)10-12-6-5-7-14(11-12)16-2/h5-7,11,13,15H,4,8-10H2,1-3H3. The fraction of sp³-hybridized carbons (Fsp3) is 0.571. The predicted octanol–water partition coefficient (Wildman–Crippen LogP) is 2.97. The van der Waals surface area contributed by atoms with E-state index in [1.807, 2.05) is 17.8 Å². The van der Waals surface area contributed by atoms with Crippen molar-refractivity contribution in [1.82, 2.24) is 5.32 Å². The maximum atomic E-state index is 5.25. The number of thioether (sulfide) groups is 1. The lowest BCUT2D eigenvalue weighted by Crippen LogP contribution is -2.31. The lowest BCUT2D eigenvalue weighted by Gasteiger charge is -2.17. The van der Waals surface area contributed by atoms with Gasteiger partial charge in [0.25, 0.3) is 0 Å². The molecule has 1 aromatic carbocycles. The van der Waals surface area contributed by atoms with Crippen molar-refractivity contribution in [3.63, 3.8) is 0 Å². The van der Waals surface area contributed by atoms with Crippen LogP contribution in [-0.4, -0.2) is 31.7 Å². The topological polar surface area (TPSA) is 21.3 Å². The normalized spacial score (nSPS) is 12.4. The highest BCUT2D eigenvalue weighted by molar-refractivity contribution is 7.98. The van der Waals surface area contributed by atoms with Gasteiger partial charge in [-0.25, -0.2) is 0 Å². The molecule has 0 heterocycles. The summed E-state index contributed by atoms with van der Waals surface area (Å²) in [5.41, 5.74) is 1.34. The average molecular weight is 253 g/mol. The number of rotatable bonds is 8. The van der Waals surface area contributed by atoms with Gasteiger partial charge in [0.05, 0.1) is 7.11 Å². The Morgan fingerprint density at radius 3 is 2.88 bits per heavy atom. The van der Waals surface area contributed by atoms with Crippen molar-refractivity contribution in [2.75, 3.05) is 25.7 Å². The van der Waals surface area contributed by atoms with Crippen LogP contribution in [-0.2, 0) is 6.42 Å². The number of ether oxygens (including phenoxy) is 1. The van der Waals surface area contributed by atoms with Crippen LogP contribution in [0, 0.1) is 0 Å². The first-order valence-corrected chi connectivity index (χ1v) is 7.54. The Morgan fingerprint density at radius 2 is 2.24 bits per heavy atom. The molecule has 3 heteroatoms. The molecular weight excluding hydrogens is 230 g/mol. The van der Waals surface area contributed by atoms with Crippen molar-refractivity contribution in [3.05, 3.63) is 29.8 Å². The van der Waals surface area contributed by atoms with Crippen LogP contribution in [0.2, 0.25) is 0 Å². The van der Waals surface area contributed by atoms with Crippen LogP contribution in [0.5, 0.6) is 5.75 Å². The van der Waals surface area contributed by atoms with Crippen LogP contribution in [0.15, 0.2) is 24.3 Å². The predicted molar refractivity (Wildman–Crippen MR) is 77.2 cm³/mol. The number of methoxy groups -OCH3 is 1. The molecule has 0 amide bonds. The number of hydrogen-bond donors (Lipinski definition) is 1. The van der Waals surface area contributed by atoms with Crippen LogP contribution in [0.3, 0.4) is 0 Å². The molecular formula is C14H23NOS. The third kappa shape index (κ3) is 5.46. The van der Waals surface area contributed by atoms with Gasteiger partial charge in [-0.1, -0.05) is 19.1 Å². The quantitative estimate of drug-likeness (QED) is 0.769. The van der Waals surface area contributed by atoms with E-state index >= 15 is 0 Å². The second-order valence-electron chi connectivity index (χ2n) is 4.09. The minimum Gasteiger partial charge on any atom is -0.497 e. The van der Waals surface area contributed by atoms with Gasteiger partial charge in [-0.2, -0.15) is 11.8 Å². The molecule has 1 rings (SSSR count). The van der Waals surface area contributed by atoms with Crippen LogP contribution >= 0.6 is 11.8 Å². The largest absolute Gasteiger partial charge is 0.497 e. The molecule has 0 fully saturated rings. The maximum absolute atomic E-state index is 5.25. The van der Waals surface area contributed by atoms with E-state index in [-0.39, 0.29) is 0 Å². The lowest BCUT2D eigenvalue weighted by molar-refractivity contribution is 0.413. The van der Waals surface area contributed by atoms with Gasteiger partial charge in [-0.05, 0) is 49.1 Å². The van der Waals surface area contributed by atoms with Crippen molar-refractivity contribution in [1.29, 1.82) is 0 Å². The molecule has 0 saturated heterocycles. The lowest BCUT2D eigenvalue weighted by atomic mass is 10.0. The van der Waals surface area contributed by atoms with E-state index in [0.717, 1.165) is 18.7 Å². The molecule has 0 aliphatic rings. The van der Waals surface area contributed by atoms with Gasteiger partial charge < -0.3 is 10.1 Å². The summed E-state index contributed by atoms with van der Waals surface area (Å²) < 4.78 is 5.25. The third-order valence-corrected chi connectivity index (χ3v) is 3.42. The van der Waals surface area contributed by atoms with Gasteiger partial charge in [0.1, 0.15) is 5.75 Å². The molecule has 0 spiro atoms. The zero-order valence-corrected chi connectivity index (χ0v) is 11.8. The van der Waals surface area contributed by atoms with E-state index in [4.69, 9.17) is 4.74 Å². The van der Waals surface area contributed by atoms with E-state index in [1.54, 1.807) is 7.11 Å². The van der Waals surface area contributed by atoms with Gasteiger partial charge in [0.15, 0.2) is 0 Å². The highest BCUT2D eigenvalue weighted by atomic mass is 32.2. The minimum atomic E-state index is 0.569. The van der Waals surface area contributed by atoms with Crippen molar-refractivity contribution >= 4 is 11.8 Å². The molecule has 0 bridgehead atoms. The molecule has 2 nitrogen and oxygen atoms in total. The Kier molecular flexibility index (Phi) is 7.13. The summed E-state index contributed by atoms with van der Waals surface area (Å²) in [5.74, 6) is 2.16. The molecule has 17 heavy (non-hydrogen) atoms. The molecule has 1 N–H and O–H groups in total. The third-order valence-electron chi connectivity index (χ3n) is 2.78. The summed E-state index contributed by atoms with van der Waals surface area (Å²) in [5, 5.41) is 3.55. The summed E-state index contributed by atoms with van der Waals surface area (Å²) >= 11 is 1.91. The SMILES string of the molecule is CCNC(CCSC)Cc1cccc(OC)c1. The van der Waals surface area contributed by atoms with E-state index in [2.05, 4.69) is 36.7 Å². The van der Waals surface area contributed by atoms with Gasteiger partial charge >= 0.3 is 0 Å². The maximum Gasteiger partial charge on any atom is 0.119 e. The molecule has 0 aromatic heterocycles.